The summed E-state index contributed by atoms with van der Waals surface area (Å²) in [6.45, 7) is 1.92. The van der Waals surface area contributed by atoms with Crippen LogP contribution in [0.4, 0.5) is 11.4 Å². The summed E-state index contributed by atoms with van der Waals surface area (Å²) in [5, 5.41) is 3.39. The molecular formula is C13H18ClN3O. The average Bonchev–Trinajstić information content (AvgIpc) is 2.34. The molecule has 0 aromatic heterocycles. The third kappa shape index (κ3) is 3.15. The Balaban J connectivity index is 2.00. The van der Waals surface area contributed by atoms with Crippen molar-refractivity contribution in [2.75, 3.05) is 31.2 Å². The van der Waals surface area contributed by atoms with Gasteiger partial charge < -0.3 is 16.0 Å². The number of hydrogen-bond acceptors (Lipinski definition) is 3. The lowest BCUT2D eigenvalue weighted by Gasteiger charge is -2.28. The number of halogens is 1. The van der Waals surface area contributed by atoms with Crippen molar-refractivity contribution in [2.24, 2.45) is 5.92 Å². The van der Waals surface area contributed by atoms with Crippen LogP contribution in [0.1, 0.15) is 12.8 Å². The minimum absolute atomic E-state index is 0.0376. The van der Waals surface area contributed by atoms with Gasteiger partial charge in [-0.15, -0.1) is 0 Å². The van der Waals surface area contributed by atoms with Gasteiger partial charge in [-0.25, -0.2) is 0 Å². The largest absolute Gasteiger partial charge is 0.399 e. The predicted molar refractivity (Wildman–Crippen MR) is 74.7 cm³/mol. The normalized spacial score (nSPS) is 17.7. The molecule has 0 radical (unpaired) electrons. The van der Waals surface area contributed by atoms with E-state index in [2.05, 4.69) is 17.3 Å². The van der Waals surface area contributed by atoms with Crippen molar-refractivity contribution in [3.8, 4) is 0 Å². The zero-order chi connectivity index (χ0) is 13.1. The highest BCUT2D eigenvalue weighted by atomic mass is 35.5. The Bertz CT molecular complexity index is 442. The number of piperidine rings is 1. The first kappa shape index (κ1) is 13.2. The summed E-state index contributed by atoms with van der Waals surface area (Å²) in [4.78, 5) is 14.3. The number of amides is 1. The molecule has 1 heterocycles. The van der Waals surface area contributed by atoms with Crippen LogP contribution in [0.2, 0.25) is 5.02 Å². The van der Waals surface area contributed by atoms with E-state index in [-0.39, 0.29) is 11.8 Å². The highest BCUT2D eigenvalue weighted by Crippen LogP contribution is 2.26. The van der Waals surface area contributed by atoms with E-state index in [1.807, 2.05) is 0 Å². The molecule has 3 N–H and O–H groups in total. The summed E-state index contributed by atoms with van der Waals surface area (Å²) in [5.41, 5.74) is 6.88. The van der Waals surface area contributed by atoms with E-state index in [9.17, 15) is 4.79 Å². The fraction of sp³-hybridized carbons (Fsp3) is 0.462. The van der Waals surface area contributed by atoms with Crippen molar-refractivity contribution in [3.63, 3.8) is 0 Å². The van der Waals surface area contributed by atoms with E-state index in [0.29, 0.717) is 16.4 Å². The third-order valence-corrected chi connectivity index (χ3v) is 3.67. The molecule has 98 valence electrons. The number of nitrogens with zero attached hydrogens (tertiary/aromatic N) is 1. The molecule has 0 aliphatic carbocycles. The minimum Gasteiger partial charge on any atom is -0.399 e. The second kappa shape index (κ2) is 5.59. The van der Waals surface area contributed by atoms with E-state index >= 15 is 0 Å². The average molecular weight is 268 g/mol. The van der Waals surface area contributed by atoms with Crippen LogP contribution < -0.4 is 11.1 Å². The molecule has 0 bridgehead atoms. The first-order valence-electron chi connectivity index (χ1n) is 6.10. The van der Waals surface area contributed by atoms with E-state index in [1.54, 1.807) is 18.2 Å². The molecule has 4 nitrogen and oxygen atoms in total. The number of benzene rings is 1. The second-order valence-corrected chi connectivity index (χ2v) is 5.21. The van der Waals surface area contributed by atoms with Crippen LogP contribution in [0.25, 0.3) is 0 Å². The molecule has 2 rings (SSSR count). The maximum absolute atomic E-state index is 12.1. The van der Waals surface area contributed by atoms with E-state index in [4.69, 9.17) is 17.3 Å². The van der Waals surface area contributed by atoms with Crippen LogP contribution in [0.5, 0.6) is 0 Å². The SMILES string of the molecule is CN1CCC(C(=O)Nc2cc(N)ccc2Cl)CC1. The molecule has 1 fully saturated rings. The van der Waals surface area contributed by atoms with Gasteiger partial charge in [-0.1, -0.05) is 11.6 Å². The lowest BCUT2D eigenvalue weighted by atomic mass is 9.96. The predicted octanol–water partition coefficient (Wildman–Crippen LogP) is 2.20. The molecule has 0 spiro atoms. The number of anilines is 2. The summed E-state index contributed by atoms with van der Waals surface area (Å²) >= 11 is 6.02. The van der Waals surface area contributed by atoms with E-state index in [0.717, 1.165) is 25.9 Å². The molecule has 18 heavy (non-hydrogen) atoms. The highest BCUT2D eigenvalue weighted by molar-refractivity contribution is 6.33. The zero-order valence-corrected chi connectivity index (χ0v) is 11.2. The highest BCUT2D eigenvalue weighted by Gasteiger charge is 2.23. The molecule has 1 aliphatic rings. The first-order valence-corrected chi connectivity index (χ1v) is 6.48. The van der Waals surface area contributed by atoms with Crippen LogP contribution in [0, 0.1) is 5.92 Å². The minimum atomic E-state index is 0.0376. The van der Waals surface area contributed by atoms with Gasteiger partial charge in [0.1, 0.15) is 0 Å². The number of nitrogens with one attached hydrogen (secondary N) is 1. The Morgan fingerprint density at radius 1 is 1.44 bits per heavy atom. The Labute approximate surface area is 112 Å². The van der Waals surface area contributed by atoms with Gasteiger partial charge in [-0.05, 0) is 51.2 Å². The number of hydrogen-bond donors (Lipinski definition) is 2. The Kier molecular flexibility index (Phi) is 4.09. The molecule has 1 aliphatic heterocycles. The van der Waals surface area contributed by atoms with Crippen LogP contribution in [-0.2, 0) is 4.79 Å². The smallest absolute Gasteiger partial charge is 0.227 e. The number of likely N-dealkylation sites (tertiary alicyclic amines) is 1. The first-order chi connectivity index (χ1) is 8.56. The Hall–Kier alpha value is -1.26. The summed E-state index contributed by atoms with van der Waals surface area (Å²) in [6, 6.07) is 5.10. The summed E-state index contributed by atoms with van der Waals surface area (Å²) < 4.78 is 0. The quantitative estimate of drug-likeness (QED) is 0.808. The fourth-order valence-corrected chi connectivity index (χ4v) is 2.31. The van der Waals surface area contributed by atoms with Crippen LogP contribution in [0.3, 0.4) is 0 Å². The zero-order valence-electron chi connectivity index (χ0n) is 10.4. The van der Waals surface area contributed by atoms with Crippen molar-refractivity contribution in [2.45, 2.75) is 12.8 Å². The lowest BCUT2D eigenvalue weighted by molar-refractivity contribution is -0.121. The molecule has 1 saturated heterocycles. The van der Waals surface area contributed by atoms with Crippen molar-refractivity contribution < 1.29 is 4.79 Å². The second-order valence-electron chi connectivity index (χ2n) is 4.81. The maximum Gasteiger partial charge on any atom is 0.227 e. The third-order valence-electron chi connectivity index (χ3n) is 3.34. The van der Waals surface area contributed by atoms with Gasteiger partial charge in [0.05, 0.1) is 10.7 Å². The maximum atomic E-state index is 12.1. The van der Waals surface area contributed by atoms with Gasteiger partial charge in [0.15, 0.2) is 0 Å². The molecule has 5 heteroatoms. The molecule has 1 amide bonds. The Morgan fingerprint density at radius 2 is 2.11 bits per heavy atom. The van der Waals surface area contributed by atoms with Crippen molar-refractivity contribution in [1.82, 2.24) is 4.90 Å². The molecular weight excluding hydrogens is 250 g/mol. The van der Waals surface area contributed by atoms with Gasteiger partial charge in [-0.3, -0.25) is 4.79 Å². The summed E-state index contributed by atoms with van der Waals surface area (Å²) in [5.74, 6) is 0.106. The lowest BCUT2D eigenvalue weighted by Crippen LogP contribution is -2.35. The van der Waals surface area contributed by atoms with Gasteiger partial charge in [0.2, 0.25) is 5.91 Å². The Morgan fingerprint density at radius 3 is 2.78 bits per heavy atom. The van der Waals surface area contributed by atoms with Gasteiger partial charge >= 0.3 is 0 Å². The summed E-state index contributed by atoms with van der Waals surface area (Å²) in [6.07, 6.45) is 1.78. The fourth-order valence-electron chi connectivity index (χ4n) is 2.14. The molecule has 0 saturated carbocycles. The van der Waals surface area contributed by atoms with Crippen molar-refractivity contribution >= 4 is 28.9 Å². The number of carbonyl (C=O) groups excluding carboxylic acids is 1. The van der Waals surface area contributed by atoms with Crippen LogP contribution >= 0.6 is 11.6 Å². The van der Waals surface area contributed by atoms with Gasteiger partial charge in [-0.2, -0.15) is 0 Å². The van der Waals surface area contributed by atoms with Crippen molar-refractivity contribution in [3.05, 3.63) is 23.2 Å². The summed E-state index contributed by atoms with van der Waals surface area (Å²) in [7, 11) is 2.07. The van der Waals surface area contributed by atoms with Crippen molar-refractivity contribution in [1.29, 1.82) is 0 Å². The topological polar surface area (TPSA) is 58.4 Å². The number of nitrogens with two attached hydrogens (primary N) is 1. The molecule has 0 unspecified atom stereocenters. The van der Waals surface area contributed by atoms with E-state index in [1.165, 1.54) is 0 Å². The van der Waals surface area contributed by atoms with Gasteiger partial charge in [0.25, 0.3) is 0 Å². The standard InChI is InChI=1S/C13H18ClN3O/c1-17-6-4-9(5-7-17)13(18)16-12-8-10(15)2-3-11(12)14/h2-3,8-9H,4-7,15H2,1H3,(H,16,18). The molecule has 0 atom stereocenters. The van der Waals surface area contributed by atoms with Gasteiger partial charge in [0, 0.05) is 11.6 Å². The van der Waals surface area contributed by atoms with Crippen LogP contribution in [-0.4, -0.2) is 30.9 Å². The number of carbonyl (C=O) groups is 1. The van der Waals surface area contributed by atoms with E-state index < -0.39 is 0 Å². The number of rotatable bonds is 2. The molecule has 1 aromatic carbocycles. The molecule has 1 aromatic rings. The van der Waals surface area contributed by atoms with Crippen LogP contribution in [0.15, 0.2) is 18.2 Å². The number of nitrogen functional groups attached to an aromatic ring is 1. The monoisotopic (exact) mass is 267 g/mol.